The SMILES string of the molecule is CC(=O)c1c(N2CC3CCC[N+](C)(C)C3C2)c(F)cc2c(=O)c(C(=O)O)cn(C3CC3)c12. The lowest BCUT2D eigenvalue weighted by Crippen LogP contribution is -2.56. The van der Waals surface area contributed by atoms with Crippen molar-refractivity contribution in [1.82, 2.24) is 4.57 Å². The molecule has 0 bridgehead atoms. The highest BCUT2D eigenvalue weighted by atomic mass is 19.1. The van der Waals surface area contributed by atoms with E-state index in [1.165, 1.54) is 13.1 Å². The number of halogens is 1. The van der Waals surface area contributed by atoms with Crippen LogP contribution in [0.1, 0.15) is 59.4 Å². The van der Waals surface area contributed by atoms with E-state index in [9.17, 15) is 19.5 Å². The molecule has 3 aliphatic rings. The molecule has 1 saturated carbocycles. The van der Waals surface area contributed by atoms with Crippen molar-refractivity contribution in [3.63, 3.8) is 0 Å². The molecule has 3 fully saturated rings. The number of rotatable bonds is 4. The van der Waals surface area contributed by atoms with Crippen molar-refractivity contribution in [3.8, 4) is 0 Å². The standard InChI is InChI=1S/C24H28FN3O4/c1-13(29)20-21-16(23(30)17(24(31)32)11-27(21)15-6-7-15)9-18(25)22(20)26-10-14-5-4-8-28(2,3)19(14)12-26/h9,11,14-15,19H,4-8,10,12H2,1-3H3/p+1. The van der Waals surface area contributed by atoms with E-state index in [2.05, 4.69) is 14.1 Å². The fourth-order valence-electron chi connectivity index (χ4n) is 5.95. The highest BCUT2D eigenvalue weighted by molar-refractivity contribution is 6.11. The lowest BCUT2D eigenvalue weighted by atomic mass is 9.91. The number of hydrogen-bond donors (Lipinski definition) is 1. The minimum atomic E-state index is -1.34. The van der Waals surface area contributed by atoms with Gasteiger partial charge in [0.05, 0.1) is 49.3 Å². The molecule has 0 radical (unpaired) electrons. The zero-order valence-corrected chi connectivity index (χ0v) is 18.7. The van der Waals surface area contributed by atoms with E-state index in [0.717, 1.165) is 42.8 Å². The van der Waals surface area contributed by atoms with Crippen molar-refractivity contribution < 1.29 is 23.6 Å². The molecule has 5 rings (SSSR count). The number of fused-ring (bicyclic) bond motifs is 2. The number of carbonyl (C=O) groups excluding carboxylic acids is 1. The van der Waals surface area contributed by atoms with Crippen LogP contribution in [-0.2, 0) is 0 Å². The van der Waals surface area contributed by atoms with Crippen molar-refractivity contribution in [3.05, 3.63) is 39.4 Å². The van der Waals surface area contributed by atoms with Gasteiger partial charge in [0, 0.05) is 24.7 Å². The van der Waals surface area contributed by atoms with Crippen molar-refractivity contribution >= 4 is 28.3 Å². The first-order valence-electron chi connectivity index (χ1n) is 11.3. The number of likely N-dealkylation sites (tertiary alicyclic amines) is 1. The Kier molecular flexibility index (Phi) is 4.71. The number of aromatic nitrogens is 1. The summed E-state index contributed by atoms with van der Waals surface area (Å²) in [6.07, 6.45) is 5.22. The molecule has 0 amide bonds. The molecule has 2 atom stereocenters. The first-order chi connectivity index (χ1) is 15.1. The number of ketones is 1. The van der Waals surface area contributed by atoms with E-state index in [-0.39, 0.29) is 28.5 Å². The molecule has 1 aromatic heterocycles. The van der Waals surface area contributed by atoms with Gasteiger partial charge in [0.15, 0.2) is 5.78 Å². The number of anilines is 1. The Morgan fingerprint density at radius 1 is 1.19 bits per heavy atom. The molecular weight excluding hydrogens is 413 g/mol. The Morgan fingerprint density at radius 2 is 1.91 bits per heavy atom. The maximum absolute atomic E-state index is 15.6. The molecule has 2 unspecified atom stereocenters. The monoisotopic (exact) mass is 442 g/mol. The number of piperidine rings is 1. The molecule has 2 aliphatic heterocycles. The molecule has 7 nitrogen and oxygen atoms in total. The maximum Gasteiger partial charge on any atom is 0.341 e. The van der Waals surface area contributed by atoms with Gasteiger partial charge in [0.25, 0.3) is 0 Å². The van der Waals surface area contributed by atoms with Crippen LogP contribution in [0.4, 0.5) is 10.1 Å². The molecule has 2 saturated heterocycles. The van der Waals surface area contributed by atoms with E-state index >= 15 is 4.39 Å². The molecule has 1 aromatic carbocycles. The van der Waals surface area contributed by atoms with E-state index in [4.69, 9.17) is 0 Å². The topological polar surface area (TPSA) is 79.6 Å². The Morgan fingerprint density at radius 3 is 2.50 bits per heavy atom. The molecule has 1 aliphatic carbocycles. The molecule has 1 N–H and O–H groups in total. The number of pyridine rings is 1. The number of carbonyl (C=O) groups is 2. The van der Waals surface area contributed by atoms with Crippen LogP contribution in [0.2, 0.25) is 0 Å². The third-order valence-corrected chi connectivity index (χ3v) is 7.69. The third kappa shape index (κ3) is 3.15. The van der Waals surface area contributed by atoms with Crippen LogP contribution in [0.15, 0.2) is 17.1 Å². The molecule has 2 aromatic rings. The summed E-state index contributed by atoms with van der Waals surface area (Å²) in [7, 11) is 4.42. The highest BCUT2D eigenvalue weighted by Gasteiger charge is 2.47. The van der Waals surface area contributed by atoms with E-state index < -0.39 is 22.8 Å². The summed E-state index contributed by atoms with van der Waals surface area (Å²) in [6, 6.07) is 1.52. The van der Waals surface area contributed by atoms with E-state index in [1.807, 2.05) is 4.90 Å². The normalized spacial score (nSPS) is 24.6. The summed E-state index contributed by atoms with van der Waals surface area (Å²) < 4.78 is 18.2. The van der Waals surface area contributed by atoms with Gasteiger partial charge in [-0.2, -0.15) is 0 Å². The molecule has 32 heavy (non-hydrogen) atoms. The lowest BCUT2D eigenvalue weighted by molar-refractivity contribution is -0.920. The Balaban J connectivity index is 1.75. The summed E-state index contributed by atoms with van der Waals surface area (Å²) in [5.74, 6) is -1.86. The van der Waals surface area contributed by atoms with Gasteiger partial charge in [-0.25, -0.2) is 9.18 Å². The van der Waals surface area contributed by atoms with Crippen molar-refractivity contribution in [2.45, 2.75) is 44.7 Å². The summed E-state index contributed by atoms with van der Waals surface area (Å²) in [5, 5.41) is 9.48. The van der Waals surface area contributed by atoms with Crippen LogP contribution in [0.25, 0.3) is 10.9 Å². The Hall–Kier alpha value is -2.74. The number of likely N-dealkylation sites (N-methyl/N-ethyl adjacent to an activating group) is 1. The van der Waals surface area contributed by atoms with E-state index in [0.29, 0.717) is 30.6 Å². The van der Waals surface area contributed by atoms with Crippen LogP contribution < -0.4 is 10.3 Å². The average Bonchev–Trinajstić information content (AvgIpc) is 3.45. The molecule has 170 valence electrons. The van der Waals surface area contributed by atoms with Crippen LogP contribution in [0.5, 0.6) is 0 Å². The van der Waals surface area contributed by atoms with Gasteiger partial charge in [0.2, 0.25) is 5.43 Å². The fourth-order valence-corrected chi connectivity index (χ4v) is 5.95. The smallest absolute Gasteiger partial charge is 0.341 e. The van der Waals surface area contributed by atoms with Gasteiger partial charge >= 0.3 is 5.97 Å². The lowest BCUT2D eigenvalue weighted by Gasteiger charge is -2.42. The fraction of sp³-hybridized carbons (Fsp3) is 0.542. The maximum atomic E-state index is 15.6. The van der Waals surface area contributed by atoms with Gasteiger partial charge in [0.1, 0.15) is 17.4 Å². The van der Waals surface area contributed by atoms with Crippen LogP contribution >= 0.6 is 0 Å². The Labute approximate surface area is 185 Å². The number of benzene rings is 1. The number of carboxylic acids is 1. The number of aromatic carboxylic acids is 1. The zero-order valence-electron chi connectivity index (χ0n) is 18.7. The predicted molar refractivity (Wildman–Crippen MR) is 119 cm³/mol. The van der Waals surface area contributed by atoms with Gasteiger partial charge in [-0.05, 0) is 38.7 Å². The van der Waals surface area contributed by atoms with Crippen molar-refractivity contribution in [2.24, 2.45) is 5.92 Å². The second-order valence-corrected chi connectivity index (χ2v) is 10.2. The summed E-state index contributed by atoms with van der Waals surface area (Å²) in [5.41, 5.74) is -0.307. The van der Waals surface area contributed by atoms with Crippen molar-refractivity contribution in [2.75, 3.05) is 38.6 Å². The zero-order chi connectivity index (χ0) is 22.9. The first-order valence-corrected chi connectivity index (χ1v) is 11.3. The average molecular weight is 443 g/mol. The van der Waals surface area contributed by atoms with Crippen LogP contribution in [-0.4, -0.2) is 65.7 Å². The number of Topliss-reactive ketones (excluding diaryl/α,β-unsaturated/α-hetero) is 1. The highest BCUT2D eigenvalue weighted by Crippen LogP contribution is 2.43. The summed E-state index contributed by atoms with van der Waals surface area (Å²) >= 11 is 0. The van der Waals surface area contributed by atoms with Crippen LogP contribution in [0.3, 0.4) is 0 Å². The molecule has 0 spiro atoms. The van der Waals surface area contributed by atoms with Crippen LogP contribution in [0, 0.1) is 11.7 Å². The summed E-state index contributed by atoms with van der Waals surface area (Å²) in [6.45, 7) is 3.80. The van der Waals surface area contributed by atoms with Gasteiger partial charge < -0.3 is 19.1 Å². The van der Waals surface area contributed by atoms with Gasteiger partial charge in [-0.15, -0.1) is 0 Å². The largest absolute Gasteiger partial charge is 0.477 e. The van der Waals surface area contributed by atoms with Crippen molar-refractivity contribution in [1.29, 1.82) is 0 Å². The minimum absolute atomic E-state index is 0.0179. The van der Waals surface area contributed by atoms with Gasteiger partial charge in [-0.3, -0.25) is 9.59 Å². The predicted octanol–water partition coefficient (Wildman–Crippen LogP) is 3.05. The molecule has 8 heteroatoms. The third-order valence-electron chi connectivity index (χ3n) is 7.69. The Bertz CT molecular complexity index is 1210. The number of nitrogens with zero attached hydrogens (tertiary/aromatic N) is 3. The molecular formula is C24H29FN3O4+. The van der Waals surface area contributed by atoms with E-state index in [1.54, 1.807) is 4.57 Å². The van der Waals surface area contributed by atoms with Gasteiger partial charge in [-0.1, -0.05) is 0 Å². The minimum Gasteiger partial charge on any atom is -0.477 e. The first kappa shape index (κ1) is 21.1. The second kappa shape index (κ2) is 7.13. The number of hydrogen-bond acceptors (Lipinski definition) is 4. The summed E-state index contributed by atoms with van der Waals surface area (Å²) in [4.78, 5) is 39.5. The number of quaternary nitrogens is 1. The second-order valence-electron chi connectivity index (χ2n) is 10.2. The number of carboxylic acid groups (broad SMARTS) is 1. The molecule has 3 heterocycles. The quantitative estimate of drug-likeness (QED) is 0.582.